The number of rotatable bonds is 6. The summed E-state index contributed by atoms with van der Waals surface area (Å²) in [6.07, 6.45) is 10.0. The van der Waals surface area contributed by atoms with Gasteiger partial charge >= 0.3 is 0 Å². The molecule has 4 heteroatoms. The van der Waals surface area contributed by atoms with E-state index in [0.29, 0.717) is 31.3 Å². The highest BCUT2D eigenvalue weighted by Gasteiger charge is 2.25. The third-order valence-electron chi connectivity index (χ3n) is 4.78. The van der Waals surface area contributed by atoms with E-state index in [1.165, 1.54) is 51.4 Å². The number of aliphatic hydroxyl groups is 1. The number of nitrogens with zero attached hydrogens (tertiary/aromatic N) is 1. The van der Waals surface area contributed by atoms with Crippen LogP contribution in [-0.2, 0) is 4.74 Å². The standard InChI is InChI=1S/C16H32N2O2/c1-13-7-6-8-14(2)18(13)17-11-15(19)12-20-16-9-4-3-5-10-16/h13-17,19H,3-12H2,1-2H3. The average molecular weight is 284 g/mol. The van der Waals surface area contributed by atoms with Crippen LogP contribution in [0.15, 0.2) is 0 Å². The second-order valence-corrected chi connectivity index (χ2v) is 6.65. The molecule has 0 bridgehead atoms. The van der Waals surface area contributed by atoms with E-state index in [-0.39, 0.29) is 0 Å². The van der Waals surface area contributed by atoms with E-state index in [1.54, 1.807) is 0 Å². The summed E-state index contributed by atoms with van der Waals surface area (Å²) in [5.41, 5.74) is 3.41. The van der Waals surface area contributed by atoms with Crippen molar-refractivity contribution < 1.29 is 9.84 Å². The van der Waals surface area contributed by atoms with Gasteiger partial charge in [-0.05, 0) is 39.5 Å². The number of hydrazine groups is 1. The zero-order valence-electron chi connectivity index (χ0n) is 13.2. The van der Waals surface area contributed by atoms with Gasteiger partial charge in [-0.1, -0.05) is 25.7 Å². The van der Waals surface area contributed by atoms with Crippen LogP contribution in [0.5, 0.6) is 0 Å². The predicted molar refractivity (Wildman–Crippen MR) is 81.4 cm³/mol. The van der Waals surface area contributed by atoms with Crippen LogP contribution in [0, 0.1) is 0 Å². The lowest BCUT2D eigenvalue weighted by Gasteiger charge is -2.39. The number of hydrogen-bond acceptors (Lipinski definition) is 4. The first-order valence-corrected chi connectivity index (χ1v) is 8.48. The van der Waals surface area contributed by atoms with Gasteiger partial charge in [0, 0.05) is 18.6 Å². The van der Waals surface area contributed by atoms with E-state index < -0.39 is 6.10 Å². The Kier molecular flexibility index (Phi) is 6.75. The molecule has 1 saturated carbocycles. The molecule has 2 aliphatic rings. The highest BCUT2D eigenvalue weighted by atomic mass is 16.5. The van der Waals surface area contributed by atoms with Crippen molar-refractivity contribution in [1.29, 1.82) is 0 Å². The van der Waals surface area contributed by atoms with Crippen LogP contribution in [0.2, 0.25) is 0 Å². The van der Waals surface area contributed by atoms with E-state index in [1.807, 2.05) is 0 Å². The number of nitrogens with one attached hydrogen (secondary N) is 1. The van der Waals surface area contributed by atoms with Crippen LogP contribution >= 0.6 is 0 Å². The molecule has 1 heterocycles. The predicted octanol–water partition coefficient (Wildman–Crippen LogP) is 2.46. The van der Waals surface area contributed by atoms with E-state index in [9.17, 15) is 5.11 Å². The van der Waals surface area contributed by atoms with Gasteiger partial charge in [0.1, 0.15) is 0 Å². The molecule has 2 fully saturated rings. The third-order valence-corrected chi connectivity index (χ3v) is 4.78. The summed E-state index contributed by atoms with van der Waals surface area (Å²) in [4.78, 5) is 0. The second-order valence-electron chi connectivity index (χ2n) is 6.65. The zero-order valence-corrected chi connectivity index (χ0v) is 13.2. The van der Waals surface area contributed by atoms with Crippen molar-refractivity contribution in [3.05, 3.63) is 0 Å². The topological polar surface area (TPSA) is 44.7 Å². The summed E-state index contributed by atoms with van der Waals surface area (Å²) in [6, 6.07) is 1.12. The maximum absolute atomic E-state index is 10.1. The molecule has 4 nitrogen and oxygen atoms in total. The largest absolute Gasteiger partial charge is 0.389 e. The summed E-state index contributed by atoms with van der Waals surface area (Å²) >= 11 is 0. The fourth-order valence-corrected chi connectivity index (χ4v) is 3.48. The smallest absolute Gasteiger partial charge is 0.0911 e. The molecule has 20 heavy (non-hydrogen) atoms. The van der Waals surface area contributed by atoms with Crippen LogP contribution in [0.1, 0.15) is 65.2 Å². The first kappa shape index (κ1) is 16.2. The summed E-state index contributed by atoms with van der Waals surface area (Å²) in [5.74, 6) is 0. The molecule has 0 amide bonds. The monoisotopic (exact) mass is 284 g/mol. The van der Waals surface area contributed by atoms with Crippen LogP contribution in [0.25, 0.3) is 0 Å². The van der Waals surface area contributed by atoms with Gasteiger partial charge in [0.2, 0.25) is 0 Å². The molecule has 0 aromatic carbocycles. The average Bonchev–Trinajstić information content (AvgIpc) is 2.46. The molecule has 1 aliphatic carbocycles. The Balaban J connectivity index is 1.62. The fourth-order valence-electron chi connectivity index (χ4n) is 3.48. The van der Waals surface area contributed by atoms with E-state index >= 15 is 0 Å². The van der Waals surface area contributed by atoms with Crippen molar-refractivity contribution in [3.63, 3.8) is 0 Å². The minimum atomic E-state index is -0.404. The molecule has 118 valence electrons. The lowest BCUT2D eigenvalue weighted by Crippen LogP contribution is -2.54. The summed E-state index contributed by atoms with van der Waals surface area (Å²) < 4.78 is 5.83. The van der Waals surface area contributed by atoms with Gasteiger partial charge in [-0.15, -0.1) is 0 Å². The molecule has 0 aromatic rings. The molecule has 1 saturated heterocycles. The Labute approximate surface area is 123 Å². The molecule has 0 radical (unpaired) electrons. The van der Waals surface area contributed by atoms with Gasteiger partial charge in [-0.25, -0.2) is 5.01 Å². The lowest BCUT2D eigenvalue weighted by atomic mass is 9.98. The fraction of sp³-hybridized carbons (Fsp3) is 1.00. The zero-order chi connectivity index (χ0) is 14.4. The van der Waals surface area contributed by atoms with Gasteiger partial charge in [0.05, 0.1) is 18.8 Å². The minimum absolute atomic E-state index is 0.381. The maximum Gasteiger partial charge on any atom is 0.0911 e. The van der Waals surface area contributed by atoms with E-state index in [4.69, 9.17) is 4.74 Å². The molecule has 3 atom stereocenters. The number of piperidine rings is 1. The lowest BCUT2D eigenvalue weighted by molar-refractivity contribution is -0.0371. The molecule has 0 spiro atoms. The molecular weight excluding hydrogens is 252 g/mol. The Morgan fingerprint density at radius 2 is 1.70 bits per heavy atom. The Hall–Kier alpha value is -0.160. The van der Waals surface area contributed by atoms with Crippen molar-refractivity contribution in [2.24, 2.45) is 0 Å². The van der Waals surface area contributed by atoms with Crippen LogP contribution in [0.3, 0.4) is 0 Å². The third kappa shape index (κ3) is 4.99. The molecule has 2 N–H and O–H groups in total. The Bertz CT molecular complexity index is 259. The van der Waals surface area contributed by atoms with Gasteiger partial charge in [0.25, 0.3) is 0 Å². The Morgan fingerprint density at radius 3 is 2.35 bits per heavy atom. The molecule has 1 aliphatic heterocycles. The summed E-state index contributed by atoms with van der Waals surface area (Å²) in [5, 5.41) is 12.4. The van der Waals surface area contributed by atoms with Crippen LogP contribution in [-0.4, -0.2) is 47.6 Å². The number of aliphatic hydroxyl groups excluding tert-OH is 1. The van der Waals surface area contributed by atoms with Crippen molar-refractivity contribution >= 4 is 0 Å². The summed E-state index contributed by atoms with van der Waals surface area (Å²) in [7, 11) is 0. The van der Waals surface area contributed by atoms with Crippen molar-refractivity contribution in [1.82, 2.24) is 10.4 Å². The number of ether oxygens (including phenoxy) is 1. The van der Waals surface area contributed by atoms with Gasteiger partial charge in [-0.3, -0.25) is 5.43 Å². The highest BCUT2D eigenvalue weighted by Crippen LogP contribution is 2.21. The quantitative estimate of drug-likeness (QED) is 0.786. The molecular formula is C16H32N2O2. The second kappa shape index (κ2) is 8.32. The van der Waals surface area contributed by atoms with Gasteiger partial charge in [-0.2, -0.15) is 0 Å². The molecule has 3 unspecified atom stereocenters. The van der Waals surface area contributed by atoms with Crippen molar-refractivity contribution in [2.45, 2.75) is 89.5 Å². The van der Waals surface area contributed by atoms with Crippen LogP contribution < -0.4 is 5.43 Å². The van der Waals surface area contributed by atoms with Crippen LogP contribution in [0.4, 0.5) is 0 Å². The highest BCUT2D eigenvalue weighted by molar-refractivity contribution is 4.77. The molecule has 2 rings (SSSR count). The SMILES string of the molecule is CC1CCCC(C)N1NCC(O)COC1CCCCC1. The van der Waals surface area contributed by atoms with Crippen molar-refractivity contribution in [3.8, 4) is 0 Å². The normalized spacial score (nSPS) is 31.4. The van der Waals surface area contributed by atoms with E-state index in [2.05, 4.69) is 24.3 Å². The van der Waals surface area contributed by atoms with Gasteiger partial charge < -0.3 is 9.84 Å². The van der Waals surface area contributed by atoms with E-state index in [0.717, 1.165) is 0 Å². The summed E-state index contributed by atoms with van der Waals surface area (Å²) in [6.45, 7) is 5.58. The number of hydrogen-bond donors (Lipinski definition) is 2. The van der Waals surface area contributed by atoms with Crippen molar-refractivity contribution in [2.75, 3.05) is 13.2 Å². The van der Waals surface area contributed by atoms with Gasteiger partial charge in [0.15, 0.2) is 0 Å². The maximum atomic E-state index is 10.1. The molecule has 0 aromatic heterocycles. The minimum Gasteiger partial charge on any atom is -0.389 e. The first-order chi connectivity index (χ1) is 9.66. The Morgan fingerprint density at radius 1 is 1.05 bits per heavy atom. The first-order valence-electron chi connectivity index (χ1n) is 8.48.